The Morgan fingerprint density at radius 2 is 1.89 bits per heavy atom. The van der Waals surface area contributed by atoms with Crippen LogP contribution in [0.2, 0.25) is 0 Å². The predicted octanol–water partition coefficient (Wildman–Crippen LogP) is 3.60. The molecule has 150 valence electrons. The zero-order valence-electron chi connectivity index (χ0n) is 15.7. The van der Waals surface area contributed by atoms with Crippen molar-refractivity contribution in [1.82, 2.24) is 14.9 Å². The van der Waals surface area contributed by atoms with Crippen molar-refractivity contribution in [2.75, 3.05) is 31.6 Å². The van der Waals surface area contributed by atoms with Crippen molar-refractivity contribution in [1.29, 1.82) is 0 Å². The van der Waals surface area contributed by atoms with Crippen LogP contribution in [0.1, 0.15) is 24.0 Å². The fourth-order valence-electron chi connectivity index (χ4n) is 4.23. The Kier molecular flexibility index (Phi) is 5.14. The highest BCUT2D eigenvalue weighted by molar-refractivity contribution is 5.41. The summed E-state index contributed by atoms with van der Waals surface area (Å²) in [4.78, 5) is 12.9. The Morgan fingerprint density at radius 3 is 2.54 bits per heavy atom. The van der Waals surface area contributed by atoms with Gasteiger partial charge in [0.15, 0.2) is 0 Å². The van der Waals surface area contributed by atoms with Gasteiger partial charge >= 0.3 is 6.18 Å². The highest BCUT2D eigenvalue weighted by Gasteiger charge is 2.39. The topological polar surface area (TPSA) is 41.5 Å². The first-order valence-electron chi connectivity index (χ1n) is 9.45. The molecular formula is C20H23F3N4O. The second kappa shape index (κ2) is 7.58. The van der Waals surface area contributed by atoms with Crippen LogP contribution in [-0.2, 0) is 12.7 Å². The average molecular weight is 392 g/mol. The lowest BCUT2D eigenvalue weighted by atomic mass is 9.92. The van der Waals surface area contributed by atoms with Crippen molar-refractivity contribution in [3.8, 4) is 5.88 Å². The molecule has 4 heterocycles. The zero-order valence-corrected chi connectivity index (χ0v) is 15.7. The quantitative estimate of drug-likeness (QED) is 0.795. The lowest BCUT2D eigenvalue weighted by molar-refractivity contribution is -0.137. The molecule has 5 nitrogen and oxygen atoms in total. The standard InChI is InChI=1S/C20H23F3N4O/c1-28-19-5-2-14(10-25-19)12-26-8-6-15-7-9-27(13-17(15)26)18-4-3-16(11-24-18)20(21,22)23/h2-5,10-11,15,17H,6-9,12-13H2,1H3. The minimum absolute atomic E-state index is 0.375. The number of likely N-dealkylation sites (tertiary alicyclic amines) is 1. The van der Waals surface area contributed by atoms with E-state index in [0.29, 0.717) is 23.7 Å². The predicted molar refractivity (Wildman–Crippen MR) is 99.2 cm³/mol. The first kappa shape index (κ1) is 19.0. The van der Waals surface area contributed by atoms with E-state index in [9.17, 15) is 13.2 Å². The summed E-state index contributed by atoms with van der Waals surface area (Å²) in [6.45, 7) is 3.45. The first-order chi connectivity index (χ1) is 13.4. The Morgan fingerprint density at radius 1 is 1.07 bits per heavy atom. The minimum atomic E-state index is -4.35. The molecule has 2 aromatic rings. The largest absolute Gasteiger partial charge is 0.481 e. The van der Waals surface area contributed by atoms with Gasteiger partial charge in [0.2, 0.25) is 5.88 Å². The Labute approximate surface area is 162 Å². The van der Waals surface area contributed by atoms with Gasteiger partial charge in [0.1, 0.15) is 5.82 Å². The molecule has 0 amide bonds. The van der Waals surface area contributed by atoms with Gasteiger partial charge in [-0.25, -0.2) is 9.97 Å². The lowest BCUT2D eigenvalue weighted by Gasteiger charge is -2.39. The maximum Gasteiger partial charge on any atom is 0.417 e. The van der Waals surface area contributed by atoms with Gasteiger partial charge in [0.25, 0.3) is 0 Å². The van der Waals surface area contributed by atoms with Crippen molar-refractivity contribution < 1.29 is 17.9 Å². The van der Waals surface area contributed by atoms with Gasteiger partial charge in [-0.05, 0) is 43.0 Å². The SMILES string of the molecule is COc1ccc(CN2CCC3CCN(c4ccc(C(F)(F)F)cn4)CC32)cn1. The zero-order chi connectivity index (χ0) is 19.7. The molecule has 28 heavy (non-hydrogen) atoms. The summed E-state index contributed by atoms with van der Waals surface area (Å²) in [5.41, 5.74) is 0.423. The van der Waals surface area contributed by atoms with E-state index in [4.69, 9.17) is 4.74 Å². The number of anilines is 1. The van der Waals surface area contributed by atoms with E-state index in [-0.39, 0.29) is 0 Å². The van der Waals surface area contributed by atoms with E-state index in [2.05, 4.69) is 19.8 Å². The van der Waals surface area contributed by atoms with Crippen LogP contribution >= 0.6 is 0 Å². The van der Waals surface area contributed by atoms with Crippen LogP contribution in [0.3, 0.4) is 0 Å². The number of hydrogen-bond acceptors (Lipinski definition) is 5. The van der Waals surface area contributed by atoms with Crippen molar-refractivity contribution in [2.24, 2.45) is 5.92 Å². The molecule has 2 aliphatic heterocycles. The molecule has 4 rings (SSSR count). The van der Waals surface area contributed by atoms with Gasteiger partial charge in [-0.2, -0.15) is 13.2 Å². The molecule has 8 heteroatoms. The fraction of sp³-hybridized carbons (Fsp3) is 0.500. The summed E-state index contributed by atoms with van der Waals surface area (Å²) in [5.74, 6) is 1.83. The molecule has 0 bridgehead atoms. The summed E-state index contributed by atoms with van der Waals surface area (Å²) in [5, 5.41) is 0. The van der Waals surface area contributed by atoms with E-state index >= 15 is 0 Å². The Bertz CT molecular complexity index is 795. The van der Waals surface area contributed by atoms with E-state index < -0.39 is 11.7 Å². The number of pyridine rings is 2. The number of ether oxygens (including phenoxy) is 1. The number of hydrogen-bond donors (Lipinski definition) is 0. The summed E-state index contributed by atoms with van der Waals surface area (Å²) < 4.78 is 43.4. The van der Waals surface area contributed by atoms with Crippen LogP contribution in [0.25, 0.3) is 0 Å². The molecule has 0 aliphatic carbocycles. The minimum Gasteiger partial charge on any atom is -0.481 e. The van der Waals surface area contributed by atoms with Crippen LogP contribution in [0.15, 0.2) is 36.7 Å². The van der Waals surface area contributed by atoms with Crippen molar-refractivity contribution >= 4 is 5.82 Å². The van der Waals surface area contributed by atoms with E-state index in [0.717, 1.165) is 56.8 Å². The first-order valence-corrected chi connectivity index (χ1v) is 9.45. The number of alkyl halides is 3. The van der Waals surface area contributed by atoms with Crippen molar-refractivity contribution in [2.45, 2.75) is 31.6 Å². The van der Waals surface area contributed by atoms with Gasteiger partial charge in [0, 0.05) is 44.1 Å². The molecule has 2 aliphatic rings. The van der Waals surface area contributed by atoms with Crippen molar-refractivity contribution in [3.05, 3.63) is 47.8 Å². The highest BCUT2D eigenvalue weighted by atomic mass is 19.4. The van der Waals surface area contributed by atoms with Crippen molar-refractivity contribution in [3.63, 3.8) is 0 Å². The third kappa shape index (κ3) is 3.92. The molecule has 0 N–H and O–H groups in total. The number of methoxy groups -OCH3 is 1. The van der Waals surface area contributed by atoms with Crippen LogP contribution in [0.4, 0.5) is 19.0 Å². The third-order valence-electron chi connectivity index (χ3n) is 5.77. The molecular weight excluding hydrogens is 369 g/mol. The third-order valence-corrected chi connectivity index (χ3v) is 5.77. The average Bonchev–Trinajstić information content (AvgIpc) is 3.10. The maximum absolute atomic E-state index is 12.8. The lowest BCUT2D eigenvalue weighted by Crippen LogP contribution is -2.48. The molecule has 2 atom stereocenters. The van der Waals surface area contributed by atoms with E-state index in [1.807, 2.05) is 18.3 Å². The molecule has 2 fully saturated rings. The summed E-state index contributed by atoms with van der Waals surface area (Å²) in [7, 11) is 1.60. The molecule has 2 aromatic heterocycles. The number of halogens is 3. The molecule has 0 radical (unpaired) electrons. The Hall–Kier alpha value is -2.35. The number of aromatic nitrogens is 2. The molecule has 0 aromatic carbocycles. The van der Waals surface area contributed by atoms with Gasteiger partial charge in [-0.3, -0.25) is 4.90 Å². The fourth-order valence-corrected chi connectivity index (χ4v) is 4.23. The van der Waals surface area contributed by atoms with Gasteiger partial charge in [0.05, 0.1) is 12.7 Å². The molecule has 0 saturated carbocycles. The molecule has 0 spiro atoms. The molecule has 2 unspecified atom stereocenters. The Balaban J connectivity index is 1.44. The number of rotatable bonds is 4. The number of piperidine rings is 1. The highest BCUT2D eigenvalue weighted by Crippen LogP contribution is 2.35. The maximum atomic E-state index is 12.8. The summed E-state index contributed by atoms with van der Waals surface area (Å²) >= 11 is 0. The second-order valence-corrected chi connectivity index (χ2v) is 7.43. The normalized spacial score (nSPS) is 22.9. The van der Waals surface area contributed by atoms with Gasteiger partial charge in [-0.1, -0.05) is 6.07 Å². The number of nitrogens with zero attached hydrogens (tertiary/aromatic N) is 4. The van der Waals surface area contributed by atoms with Crippen LogP contribution < -0.4 is 9.64 Å². The van der Waals surface area contributed by atoms with Crippen LogP contribution in [0, 0.1) is 5.92 Å². The summed E-state index contributed by atoms with van der Waals surface area (Å²) in [6.07, 6.45) is 0.599. The number of fused-ring (bicyclic) bond motifs is 1. The monoisotopic (exact) mass is 392 g/mol. The van der Waals surface area contributed by atoms with E-state index in [1.54, 1.807) is 7.11 Å². The van der Waals surface area contributed by atoms with Gasteiger partial charge in [-0.15, -0.1) is 0 Å². The summed E-state index contributed by atoms with van der Waals surface area (Å²) in [6, 6.07) is 6.86. The van der Waals surface area contributed by atoms with Crippen LogP contribution in [0.5, 0.6) is 5.88 Å². The van der Waals surface area contributed by atoms with E-state index in [1.165, 1.54) is 6.07 Å². The van der Waals surface area contributed by atoms with Gasteiger partial charge < -0.3 is 9.64 Å². The smallest absolute Gasteiger partial charge is 0.417 e. The second-order valence-electron chi connectivity index (χ2n) is 7.43. The molecule has 2 saturated heterocycles. The van der Waals surface area contributed by atoms with Crippen LogP contribution in [-0.4, -0.2) is 47.7 Å².